The number of amides is 2. The second kappa shape index (κ2) is 8.24. The Hall–Kier alpha value is -3.16. The maximum absolute atomic E-state index is 12.5. The van der Waals surface area contributed by atoms with Crippen LogP contribution in [0.15, 0.2) is 36.7 Å². The van der Waals surface area contributed by atoms with E-state index in [4.69, 9.17) is 0 Å². The first-order chi connectivity index (χ1) is 13.7. The molecule has 8 nitrogen and oxygen atoms in total. The summed E-state index contributed by atoms with van der Waals surface area (Å²) in [6.07, 6.45) is 7.65. The lowest BCUT2D eigenvalue weighted by Gasteiger charge is -2.18. The minimum absolute atomic E-state index is 0.135. The lowest BCUT2D eigenvalue weighted by atomic mass is 10.1. The number of fused-ring (bicyclic) bond motifs is 1. The summed E-state index contributed by atoms with van der Waals surface area (Å²) >= 11 is 0. The molecule has 0 saturated carbocycles. The number of rotatable bonds is 6. The highest BCUT2D eigenvalue weighted by Crippen LogP contribution is 2.27. The summed E-state index contributed by atoms with van der Waals surface area (Å²) in [5.41, 5.74) is 1.72. The molecule has 1 atom stereocenters. The van der Waals surface area contributed by atoms with E-state index in [0.29, 0.717) is 5.82 Å². The molecule has 4 heterocycles. The molecular weight excluding hydrogens is 354 g/mol. The summed E-state index contributed by atoms with van der Waals surface area (Å²) in [6, 6.07) is 7.11. The quantitative estimate of drug-likeness (QED) is 0.608. The first-order valence-electron chi connectivity index (χ1n) is 9.82. The highest BCUT2D eigenvalue weighted by molar-refractivity contribution is 5.94. The molecule has 0 aliphatic carbocycles. The minimum Gasteiger partial charge on any atom is -0.355 e. The van der Waals surface area contributed by atoms with E-state index < -0.39 is 0 Å². The Morgan fingerprint density at radius 3 is 2.89 bits per heavy atom. The average Bonchev–Trinajstić information content (AvgIpc) is 3.37. The van der Waals surface area contributed by atoms with Crippen LogP contribution in [0.2, 0.25) is 0 Å². The van der Waals surface area contributed by atoms with Crippen LogP contribution in [0.4, 0.5) is 16.4 Å². The number of anilines is 2. The van der Waals surface area contributed by atoms with Crippen LogP contribution in [0, 0.1) is 0 Å². The van der Waals surface area contributed by atoms with Gasteiger partial charge in [0.25, 0.3) is 0 Å². The van der Waals surface area contributed by atoms with Crippen LogP contribution in [0.3, 0.4) is 0 Å². The summed E-state index contributed by atoms with van der Waals surface area (Å²) in [5, 5.41) is 14.3. The van der Waals surface area contributed by atoms with Crippen molar-refractivity contribution >= 4 is 28.6 Å². The third-order valence-electron chi connectivity index (χ3n) is 5.00. The van der Waals surface area contributed by atoms with Crippen LogP contribution >= 0.6 is 0 Å². The fourth-order valence-corrected chi connectivity index (χ4v) is 3.61. The monoisotopic (exact) mass is 379 g/mol. The van der Waals surface area contributed by atoms with Crippen molar-refractivity contribution in [2.45, 2.75) is 38.6 Å². The first-order valence-corrected chi connectivity index (χ1v) is 9.82. The largest absolute Gasteiger partial charge is 0.355 e. The van der Waals surface area contributed by atoms with Crippen molar-refractivity contribution in [3.63, 3.8) is 0 Å². The van der Waals surface area contributed by atoms with Gasteiger partial charge in [0.15, 0.2) is 5.82 Å². The van der Waals surface area contributed by atoms with E-state index in [9.17, 15) is 4.79 Å². The second-order valence-electron chi connectivity index (χ2n) is 7.05. The van der Waals surface area contributed by atoms with Gasteiger partial charge in [0.2, 0.25) is 0 Å². The molecule has 1 saturated heterocycles. The molecule has 0 aromatic carbocycles. The number of pyridine rings is 2. The number of H-pyrrole nitrogens is 1. The summed E-state index contributed by atoms with van der Waals surface area (Å²) in [7, 11) is 0. The van der Waals surface area contributed by atoms with Crippen molar-refractivity contribution in [2.24, 2.45) is 0 Å². The third kappa shape index (κ3) is 3.90. The van der Waals surface area contributed by atoms with Crippen LogP contribution in [0.5, 0.6) is 0 Å². The van der Waals surface area contributed by atoms with E-state index in [-0.39, 0.29) is 12.1 Å². The van der Waals surface area contributed by atoms with E-state index in [1.165, 1.54) is 12.8 Å². The number of urea groups is 1. The van der Waals surface area contributed by atoms with Crippen LogP contribution in [-0.4, -0.2) is 39.3 Å². The van der Waals surface area contributed by atoms with E-state index in [1.807, 2.05) is 24.3 Å². The maximum atomic E-state index is 12.5. The summed E-state index contributed by atoms with van der Waals surface area (Å²) in [5.74, 6) is 1.42. The predicted octanol–water partition coefficient (Wildman–Crippen LogP) is 3.62. The predicted molar refractivity (Wildman–Crippen MR) is 109 cm³/mol. The standard InChI is InChI=1S/C20H25N7O/c1-2-7-16(15-8-3-4-9-21-15)23-20(28)24-18-12-17-14(13-22-18)19(26-25-17)27-10-5-6-11-27/h3-4,8-9,12-13,16H,2,5-7,10-11H2,1H3,(H,25,26)(H2,22,23,24,28)/t16-/m1/s1. The Morgan fingerprint density at radius 2 is 2.14 bits per heavy atom. The fourth-order valence-electron chi connectivity index (χ4n) is 3.61. The molecule has 28 heavy (non-hydrogen) atoms. The zero-order valence-corrected chi connectivity index (χ0v) is 16.0. The van der Waals surface area contributed by atoms with Crippen molar-refractivity contribution in [3.05, 3.63) is 42.4 Å². The molecule has 146 valence electrons. The maximum Gasteiger partial charge on any atom is 0.320 e. The Kier molecular flexibility index (Phi) is 5.36. The number of nitrogens with zero attached hydrogens (tertiary/aromatic N) is 4. The lowest BCUT2D eigenvalue weighted by Crippen LogP contribution is -2.33. The van der Waals surface area contributed by atoms with Gasteiger partial charge in [0, 0.05) is 31.5 Å². The van der Waals surface area contributed by atoms with Crippen LogP contribution < -0.4 is 15.5 Å². The molecule has 3 N–H and O–H groups in total. The highest BCUT2D eigenvalue weighted by atomic mass is 16.2. The second-order valence-corrected chi connectivity index (χ2v) is 7.05. The number of hydrogen-bond donors (Lipinski definition) is 3. The van der Waals surface area contributed by atoms with Gasteiger partial charge in [0.05, 0.1) is 22.6 Å². The van der Waals surface area contributed by atoms with E-state index >= 15 is 0 Å². The number of nitrogens with one attached hydrogen (secondary N) is 3. The lowest BCUT2D eigenvalue weighted by molar-refractivity contribution is 0.247. The van der Waals surface area contributed by atoms with Crippen LogP contribution in [0.1, 0.15) is 44.3 Å². The number of carbonyl (C=O) groups is 1. The molecular formula is C20H25N7O. The number of carbonyl (C=O) groups excluding carboxylic acids is 1. The molecule has 0 unspecified atom stereocenters. The highest BCUT2D eigenvalue weighted by Gasteiger charge is 2.19. The zero-order valence-electron chi connectivity index (χ0n) is 16.0. The topological polar surface area (TPSA) is 98.8 Å². The molecule has 3 aromatic heterocycles. The Balaban J connectivity index is 1.45. The van der Waals surface area contributed by atoms with Gasteiger partial charge in [-0.25, -0.2) is 9.78 Å². The summed E-state index contributed by atoms with van der Waals surface area (Å²) in [6.45, 7) is 4.13. The van der Waals surface area contributed by atoms with Gasteiger partial charge in [-0.1, -0.05) is 19.4 Å². The van der Waals surface area contributed by atoms with Crippen molar-refractivity contribution in [1.82, 2.24) is 25.5 Å². The molecule has 0 radical (unpaired) electrons. The Morgan fingerprint density at radius 1 is 1.29 bits per heavy atom. The van der Waals surface area contributed by atoms with Gasteiger partial charge in [-0.05, 0) is 31.4 Å². The van der Waals surface area contributed by atoms with Gasteiger partial charge < -0.3 is 10.2 Å². The van der Waals surface area contributed by atoms with Crippen LogP contribution in [-0.2, 0) is 0 Å². The summed E-state index contributed by atoms with van der Waals surface area (Å²) in [4.78, 5) is 23.5. The molecule has 0 spiro atoms. The minimum atomic E-state index is -0.296. The first kappa shape index (κ1) is 18.2. The molecule has 2 amide bonds. The van der Waals surface area contributed by atoms with Crippen molar-refractivity contribution < 1.29 is 4.79 Å². The number of aromatic amines is 1. The van der Waals surface area contributed by atoms with Gasteiger partial charge >= 0.3 is 6.03 Å². The Bertz CT molecular complexity index is 934. The van der Waals surface area contributed by atoms with E-state index in [1.54, 1.807) is 12.4 Å². The smallest absolute Gasteiger partial charge is 0.320 e. The molecule has 1 aliphatic rings. The van der Waals surface area contributed by atoms with Gasteiger partial charge in [-0.2, -0.15) is 5.10 Å². The molecule has 1 fully saturated rings. The third-order valence-corrected chi connectivity index (χ3v) is 5.00. The molecule has 1 aliphatic heterocycles. The van der Waals surface area contributed by atoms with Gasteiger partial charge in [-0.15, -0.1) is 0 Å². The Labute approximate surface area is 163 Å². The fraction of sp³-hybridized carbons (Fsp3) is 0.400. The normalized spacial score (nSPS) is 15.0. The van der Waals surface area contributed by atoms with Gasteiger partial charge in [-0.3, -0.25) is 15.4 Å². The molecule has 4 rings (SSSR count). The van der Waals surface area contributed by atoms with Gasteiger partial charge in [0.1, 0.15) is 5.82 Å². The van der Waals surface area contributed by atoms with E-state index in [0.717, 1.165) is 48.3 Å². The zero-order chi connectivity index (χ0) is 19.3. The number of hydrogen-bond acceptors (Lipinski definition) is 5. The average molecular weight is 379 g/mol. The van der Waals surface area contributed by atoms with Crippen molar-refractivity contribution in [2.75, 3.05) is 23.3 Å². The molecule has 3 aromatic rings. The molecule has 8 heteroatoms. The SMILES string of the molecule is CCC[C@@H](NC(=O)Nc1cc2[nH]nc(N3CCCC3)c2cn1)c1ccccn1. The van der Waals surface area contributed by atoms with Crippen LogP contribution in [0.25, 0.3) is 10.9 Å². The van der Waals surface area contributed by atoms with E-state index in [2.05, 4.69) is 42.6 Å². The summed E-state index contributed by atoms with van der Waals surface area (Å²) < 4.78 is 0. The van der Waals surface area contributed by atoms with Crippen molar-refractivity contribution in [1.29, 1.82) is 0 Å². The number of aromatic nitrogens is 4. The molecule has 0 bridgehead atoms. The van der Waals surface area contributed by atoms with Crippen molar-refractivity contribution in [3.8, 4) is 0 Å².